The van der Waals surface area contributed by atoms with Crippen LogP contribution in [0.5, 0.6) is 5.75 Å². The Morgan fingerprint density at radius 2 is 1.50 bits per heavy atom. The lowest BCUT2D eigenvalue weighted by molar-refractivity contribution is -0.159. The smallest absolute Gasteiger partial charge is 0.306 e. The van der Waals surface area contributed by atoms with Gasteiger partial charge in [-0.15, -0.1) is 0 Å². The van der Waals surface area contributed by atoms with Gasteiger partial charge in [0.15, 0.2) is 6.10 Å². The first-order valence-electron chi connectivity index (χ1n) is 14.2. The second-order valence-electron chi connectivity index (χ2n) is 11.3. The quantitative estimate of drug-likeness (QED) is 0.178. The van der Waals surface area contributed by atoms with Gasteiger partial charge in [-0.1, -0.05) is 106 Å². The summed E-state index contributed by atoms with van der Waals surface area (Å²) in [6.45, 7) is 7.43. The summed E-state index contributed by atoms with van der Waals surface area (Å²) >= 11 is 0. The molecular formula is C34H42O5Si. The lowest BCUT2D eigenvalue weighted by Crippen LogP contribution is -2.68. The van der Waals surface area contributed by atoms with E-state index in [-0.39, 0.29) is 23.7 Å². The van der Waals surface area contributed by atoms with Crippen molar-refractivity contribution in [3.05, 3.63) is 103 Å². The molecule has 0 radical (unpaired) electrons. The highest BCUT2D eigenvalue weighted by atomic mass is 28.4. The fourth-order valence-corrected chi connectivity index (χ4v) is 10.1. The van der Waals surface area contributed by atoms with E-state index in [9.17, 15) is 4.79 Å². The monoisotopic (exact) mass is 558 g/mol. The van der Waals surface area contributed by atoms with Crippen LogP contribution in [0.15, 0.2) is 97.1 Å². The van der Waals surface area contributed by atoms with Gasteiger partial charge in [-0.25, -0.2) is 0 Å². The molecule has 3 aromatic rings. The summed E-state index contributed by atoms with van der Waals surface area (Å²) in [7, 11) is -1.22. The van der Waals surface area contributed by atoms with Gasteiger partial charge in [0.05, 0.1) is 26.4 Å². The Morgan fingerprint density at radius 1 is 0.875 bits per heavy atom. The second kappa shape index (κ2) is 13.9. The van der Waals surface area contributed by atoms with E-state index in [4.69, 9.17) is 18.6 Å². The van der Waals surface area contributed by atoms with Crippen LogP contribution >= 0.6 is 0 Å². The molecule has 1 aliphatic heterocycles. The van der Waals surface area contributed by atoms with E-state index < -0.39 is 14.4 Å². The van der Waals surface area contributed by atoms with Crippen molar-refractivity contribution in [1.82, 2.24) is 0 Å². The van der Waals surface area contributed by atoms with Crippen LogP contribution in [0.2, 0.25) is 5.04 Å². The van der Waals surface area contributed by atoms with E-state index in [2.05, 4.69) is 81.5 Å². The molecule has 1 aliphatic rings. The van der Waals surface area contributed by atoms with Crippen LogP contribution in [-0.2, 0) is 25.3 Å². The number of ether oxygens (including phenoxy) is 3. The molecule has 0 amide bonds. The highest BCUT2D eigenvalue weighted by molar-refractivity contribution is 6.99. The lowest BCUT2D eigenvalue weighted by atomic mass is 10.1. The number of hydrogen-bond acceptors (Lipinski definition) is 5. The fraction of sp³-hybridized carbons (Fsp3) is 0.382. The van der Waals surface area contributed by atoms with E-state index in [1.54, 1.807) is 7.11 Å². The maximum absolute atomic E-state index is 12.9. The van der Waals surface area contributed by atoms with Gasteiger partial charge in [-0.2, -0.15) is 0 Å². The molecule has 3 aromatic carbocycles. The van der Waals surface area contributed by atoms with Gasteiger partial charge in [-0.3, -0.25) is 4.79 Å². The number of carbonyl (C=O) groups is 1. The summed E-state index contributed by atoms with van der Waals surface area (Å²) in [5, 5.41) is 2.19. The molecule has 212 valence electrons. The summed E-state index contributed by atoms with van der Waals surface area (Å²) in [4.78, 5) is 12.9. The van der Waals surface area contributed by atoms with Crippen molar-refractivity contribution in [1.29, 1.82) is 0 Å². The van der Waals surface area contributed by atoms with Crippen LogP contribution in [0.3, 0.4) is 0 Å². The molecule has 0 aliphatic carbocycles. The molecule has 40 heavy (non-hydrogen) atoms. The summed E-state index contributed by atoms with van der Waals surface area (Å²) in [6.07, 6.45) is 6.05. The molecule has 0 spiro atoms. The zero-order chi connectivity index (χ0) is 28.4. The minimum atomic E-state index is -2.88. The Morgan fingerprint density at radius 3 is 2.08 bits per heavy atom. The standard InChI is InChI=1S/C34H42O5Si/c1-34(2,3)40(29-15-9-7-10-16-29,30-17-11-8-12-18-30)39-31-19-13-5-6-14-20-33(35)38-32(31)26-37-25-27-21-23-28(36-4)24-22-27/h5,7-13,15-18,21-24,31-32H,6,14,19-20,25-26H2,1-4H3/b13-5-/t31?,32-/m0/s1. The molecule has 1 heterocycles. The van der Waals surface area contributed by atoms with Crippen molar-refractivity contribution in [2.24, 2.45) is 0 Å². The first-order chi connectivity index (χ1) is 19.3. The normalized spacial score (nSPS) is 19.4. The molecule has 6 heteroatoms. The summed E-state index contributed by atoms with van der Waals surface area (Å²) in [5.74, 6) is 0.597. The third-order valence-electron chi connectivity index (χ3n) is 7.44. The first kappa shape index (κ1) is 29.8. The minimum absolute atomic E-state index is 0.201. The molecule has 0 aromatic heterocycles. The van der Waals surface area contributed by atoms with E-state index >= 15 is 0 Å². The van der Waals surface area contributed by atoms with Gasteiger partial charge in [0.25, 0.3) is 8.32 Å². The SMILES string of the molecule is COc1ccc(COC[C@@H]2OC(=O)CCC/C=C\CC2O[Si](c2ccccc2)(c2ccccc2)C(C)(C)C)cc1. The molecule has 0 fully saturated rings. The van der Waals surface area contributed by atoms with Gasteiger partial charge in [-0.05, 0) is 52.4 Å². The van der Waals surface area contributed by atoms with Crippen molar-refractivity contribution in [2.75, 3.05) is 13.7 Å². The van der Waals surface area contributed by atoms with Crippen molar-refractivity contribution in [2.45, 2.75) is 70.3 Å². The zero-order valence-corrected chi connectivity index (χ0v) is 25.2. The third kappa shape index (κ3) is 7.30. The highest BCUT2D eigenvalue weighted by Crippen LogP contribution is 2.38. The predicted octanol–water partition coefficient (Wildman–Crippen LogP) is 6.20. The Labute approximate surface area is 240 Å². The van der Waals surface area contributed by atoms with E-state index in [0.717, 1.165) is 24.2 Å². The van der Waals surface area contributed by atoms with E-state index in [1.165, 1.54) is 10.4 Å². The molecule has 0 saturated carbocycles. The number of benzene rings is 3. The van der Waals surface area contributed by atoms with Gasteiger partial charge in [0.1, 0.15) is 5.75 Å². The van der Waals surface area contributed by atoms with Crippen LogP contribution in [0, 0.1) is 0 Å². The van der Waals surface area contributed by atoms with Gasteiger partial charge in [0, 0.05) is 6.42 Å². The maximum Gasteiger partial charge on any atom is 0.306 e. The number of rotatable bonds is 9. The summed E-state index contributed by atoms with van der Waals surface area (Å²) in [6, 6.07) is 28.9. The highest BCUT2D eigenvalue weighted by Gasteiger charge is 2.52. The second-order valence-corrected chi connectivity index (χ2v) is 15.6. The predicted molar refractivity (Wildman–Crippen MR) is 163 cm³/mol. The van der Waals surface area contributed by atoms with Gasteiger partial charge >= 0.3 is 5.97 Å². The Hall–Kier alpha value is -3.19. The minimum Gasteiger partial charge on any atom is -0.497 e. The fourth-order valence-electron chi connectivity index (χ4n) is 5.37. The van der Waals surface area contributed by atoms with Crippen molar-refractivity contribution >= 4 is 24.7 Å². The first-order valence-corrected chi connectivity index (χ1v) is 16.1. The average Bonchev–Trinajstić information content (AvgIpc) is 2.96. The van der Waals surface area contributed by atoms with Crippen molar-refractivity contribution < 1.29 is 23.4 Å². The third-order valence-corrected chi connectivity index (χ3v) is 12.5. The number of methoxy groups -OCH3 is 1. The van der Waals surface area contributed by atoms with Crippen molar-refractivity contribution in [3.8, 4) is 5.75 Å². The van der Waals surface area contributed by atoms with Crippen LogP contribution in [-0.4, -0.2) is 40.2 Å². The van der Waals surface area contributed by atoms with Crippen LogP contribution < -0.4 is 15.1 Å². The molecule has 0 saturated heterocycles. The average molecular weight is 559 g/mol. The number of allylic oxidation sites excluding steroid dienone is 1. The van der Waals surface area contributed by atoms with Crippen LogP contribution in [0.4, 0.5) is 0 Å². The van der Waals surface area contributed by atoms with Crippen LogP contribution in [0.25, 0.3) is 0 Å². The number of esters is 1. The number of hydrogen-bond donors (Lipinski definition) is 0. The Kier molecular flexibility index (Phi) is 10.4. The molecule has 0 N–H and O–H groups in total. The molecule has 5 nitrogen and oxygen atoms in total. The number of carbonyl (C=O) groups excluding carboxylic acids is 1. The maximum atomic E-state index is 12.9. The topological polar surface area (TPSA) is 54.0 Å². The van der Waals surface area contributed by atoms with Crippen molar-refractivity contribution in [3.63, 3.8) is 0 Å². The largest absolute Gasteiger partial charge is 0.497 e. The Balaban J connectivity index is 1.70. The Bertz CT molecular complexity index is 1180. The molecule has 0 bridgehead atoms. The van der Waals surface area contributed by atoms with E-state index in [0.29, 0.717) is 19.4 Å². The zero-order valence-electron chi connectivity index (χ0n) is 24.2. The van der Waals surface area contributed by atoms with Gasteiger partial charge < -0.3 is 18.6 Å². The number of cyclic esters (lactones) is 1. The summed E-state index contributed by atoms with van der Waals surface area (Å²) in [5.41, 5.74) is 1.02. The van der Waals surface area contributed by atoms with E-state index in [1.807, 2.05) is 36.4 Å². The summed E-state index contributed by atoms with van der Waals surface area (Å²) < 4.78 is 25.0. The van der Waals surface area contributed by atoms with Crippen LogP contribution in [0.1, 0.15) is 52.0 Å². The molecule has 4 rings (SSSR count). The lowest BCUT2D eigenvalue weighted by Gasteiger charge is -2.46. The molecular weight excluding hydrogens is 516 g/mol. The van der Waals surface area contributed by atoms with Gasteiger partial charge in [0.2, 0.25) is 0 Å². The molecule has 2 atom stereocenters. The molecule has 1 unspecified atom stereocenters.